The lowest BCUT2D eigenvalue weighted by atomic mass is 9.96. The number of unbranched alkanes of at least 4 members (excludes halogenated alkanes) is 1. The number of halogens is 4. The van der Waals surface area contributed by atoms with Crippen LogP contribution in [0.15, 0.2) is 29.3 Å². The van der Waals surface area contributed by atoms with Crippen molar-refractivity contribution in [3.8, 4) is 5.82 Å². The van der Waals surface area contributed by atoms with Gasteiger partial charge in [-0.15, -0.1) is 0 Å². The molecule has 1 saturated heterocycles. The maximum atomic E-state index is 12.7. The largest absolute Gasteiger partial charge is 0.417 e. The average molecular weight is 458 g/mol. The summed E-state index contributed by atoms with van der Waals surface area (Å²) in [6.45, 7) is 5.89. The van der Waals surface area contributed by atoms with E-state index in [1.165, 1.54) is 19.0 Å². The van der Waals surface area contributed by atoms with Gasteiger partial charge in [0.15, 0.2) is 5.82 Å². The van der Waals surface area contributed by atoms with Crippen LogP contribution in [0.4, 0.5) is 18.9 Å². The standard InChI is InChI=1S/C21H27ClF3N5O/c1-3-4-9-28(2)14-15-7-10-29(11-8-15)17-13-27-30(20(31)19(17)22)18-6-5-16(12-26-18)21(23,24)25/h5-6,12-13,15H,3-4,7-11,14H2,1-2H3. The molecule has 0 N–H and O–H groups in total. The highest BCUT2D eigenvalue weighted by Gasteiger charge is 2.31. The second kappa shape index (κ2) is 9.99. The Balaban J connectivity index is 1.68. The number of hydrogen-bond acceptors (Lipinski definition) is 5. The SMILES string of the molecule is CCCCN(C)CC1CCN(c2cnn(-c3ccc(C(F)(F)F)cn3)c(=O)c2Cl)CC1. The summed E-state index contributed by atoms with van der Waals surface area (Å²) in [6.07, 6.45) is 2.03. The van der Waals surface area contributed by atoms with Crippen LogP contribution in [-0.2, 0) is 6.18 Å². The van der Waals surface area contributed by atoms with Crippen molar-refractivity contribution in [1.29, 1.82) is 0 Å². The highest BCUT2D eigenvalue weighted by molar-refractivity contribution is 6.33. The number of anilines is 1. The van der Waals surface area contributed by atoms with Crippen LogP contribution in [0, 0.1) is 5.92 Å². The first kappa shape index (κ1) is 23.5. The van der Waals surface area contributed by atoms with Gasteiger partial charge >= 0.3 is 6.18 Å². The molecule has 3 heterocycles. The van der Waals surface area contributed by atoms with E-state index < -0.39 is 17.3 Å². The lowest BCUT2D eigenvalue weighted by Gasteiger charge is -2.35. The van der Waals surface area contributed by atoms with Crippen LogP contribution in [0.25, 0.3) is 5.82 Å². The number of nitrogens with zero attached hydrogens (tertiary/aromatic N) is 5. The van der Waals surface area contributed by atoms with E-state index in [1.807, 2.05) is 4.90 Å². The summed E-state index contributed by atoms with van der Waals surface area (Å²) in [5, 5.41) is 4.10. The minimum Gasteiger partial charge on any atom is -0.369 e. The van der Waals surface area contributed by atoms with Crippen LogP contribution in [0.1, 0.15) is 38.2 Å². The van der Waals surface area contributed by atoms with Gasteiger partial charge in [-0.25, -0.2) is 4.98 Å². The van der Waals surface area contributed by atoms with Gasteiger partial charge in [0.2, 0.25) is 0 Å². The molecule has 10 heteroatoms. The number of aromatic nitrogens is 3. The molecule has 1 aliphatic rings. The maximum absolute atomic E-state index is 12.7. The highest BCUT2D eigenvalue weighted by Crippen LogP contribution is 2.29. The Hall–Kier alpha value is -2.13. The van der Waals surface area contributed by atoms with E-state index in [0.717, 1.165) is 55.8 Å². The first-order valence-electron chi connectivity index (χ1n) is 10.5. The predicted octanol–water partition coefficient (Wildman–Crippen LogP) is 4.25. The molecular formula is C21H27ClF3N5O. The first-order chi connectivity index (χ1) is 14.7. The van der Waals surface area contributed by atoms with Gasteiger partial charge in [-0.3, -0.25) is 4.79 Å². The minimum atomic E-state index is -4.50. The van der Waals surface area contributed by atoms with Crippen molar-refractivity contribution >= 4 is 17.3 Å². The van der Waals surface area contributed by atoms with Crippen molar-refractivity contribution in [2.24, 2.45) is 5.92 Å². The average Bonchev–Trinajstić information content (AvgIpc) is 2.74. The lowest BCUT2D eigenvalue weighted by molar-refractivity contribution is -0.137. The fourth-order valence-corrected chi connectivity index (χ4v) is 4.05. The van der Waals surface area contributed by atoms with E-state index in [-0.39, 0.29) is 10.8 Å². The third-order valence-corrected chi connectivity index (χ3v) is 5.97. The fourth-order valence-electron chi connectivity index (χ4n) is 3.80. The Kier molecular flexibility index (Phi) is 7.59. The van der Waals surface area contributed by atoms with Crippen LogP contribution in [0.3, 0.4) is 0 Å². The van der Waals surface area contributed by atoms with E-state index in [9.17, 15) is 18.0 Å². The van der Waals surface area contributed by atoms with Crippen molar-refractivity contribution < 1.29 is 13.2 Å². The van der Waals surface area contributed by atoms with E-state index >= 15 is 0 Å². The second-order valence-corrected chi connectivity index (χ2v) is 8.39. The fraction of sp³-hybridized carbons (Fsp3) is 0.571. The number of piperidine rings is 1. The molecule has 0 atom stereocenters. The monoisotopic (exact) mass is 457 g/mol. The molecule has 0 amide bonds. The second-order valence-electron chi connectivity index (χ2n) is 8.01. The summed E-state index contributed by atoms with van der Waals surface area (Å²) in [4.78, 5) is 20.8. The normalized spacial score (nSPS) is 15.6. The zero-order chi connectivity index (χ0) is 22.6. The topological polar surface area (TPSA) is 54.3 Å². The number of pyridine rings is 1. The summed E-state index contributed by atoms with van der Waals surface area (Å²) in [5.41, 5.74) is -0.948. The van der Waals surface area contributed by atoms with Gasteiger partial charge < -0.3 is 9.80 Å². The Bertz CT molecular complexity index is 924. The Morgan fingerprint density at radius 1 is 1.23 bits per heavy atom. The molecule has 0 unspecified atom stereocenters. The van der Waals surface area contributed by atoms with Gasteiger partial charge in [-0.05, 0) is 50.9 Å². The molecule has 170 valence electrons. The molecule has 3 rings (SSSR count). The molecule has 0 aromatic carbocycles. The van der Waals surface area contributed by atoms with E-state index in [0.29, 0.717) is 17.8 Å². The Morgan fingerprint density at radius 3 is 2.52 bits per heavy atom. The summed E-state index contributed by atoms with van der Waals surface area (Å²) in [6, 6.07) is 1.97. The molecule has 2 aromatic rings. The Morgan fingerprint density at radius 2 is 1.94 bits per heavy atom. The van der Waals surface area contributed by atoms with Gasteiger partial charge in [0.1, 0.15) is 5.02 Å². The third-order valence-electron chi connectivity index (χ3n) is 5.61. The molecule has 1 fully saturated rings. The molecule has 6 nitrogen and oxygen atoms in total. The predicted molar refractivity (Wildman–Crippen MR) is 115 cm³/mol. The van der Waals surface area contributed by atoms with Crippen molar-refractivity contribution in [2.75, 3.05) is 38.1 Å². The molecule has 0 radical (unpaired) electrons. The molecule has 0 spiro atoms. The van der Waals surface area contributed by atoms with Crippen molar-refractivity contribution in [1.82, 2.24) is 19.7 Å². The van der Waals surface area contributed by atoms with Gasteiger partial charge in [0, 0.05) is 25.8 Å². The molecule has 0 aliphatic carbocycles. The van der Waals surface area contributed by atoms with Gasteiger partial charge in [-0.2, -0.15) is 23.0 Å². The molecule has 31 heavy (non-hydrogen) atoms. The highest BCUT2D eigenvalue weighted by atomic mass is 35.5. The van der Waals surface area contributed by atoms with Crippen molar-refractivity contribution in [3.05, 3.63) is 45.5 Å². The summed E-state index contributed by atoms with van der Waals surface area (Å²) in [5.74, 6) is 0.585. The molecular weight excluding hydrogens is 431 g/mol. The first-order valence-corrected chi connectivity index (χ1v) is 10.8. The van der Waals surface area contributed by atoms with E-state index in [2.05, 4.69) is 29.0 Å². The number of hydrogen-bond donors (Lipinski definition) is 0. The summed E-state index contributed by atoms with van der Waals surface area (Å²) >= 11 is 6.33. The maximum Gasteiger partial charge on any atom is 0.417 e. The number of rotatable bonds is 7. The quantitative estimate of drug-likeness (QED) is 0.622. The third kappa shape index (κ3) is 5.77. The molecule has 2 aromatic heterocycles. The summed E-state index contributed by atoms with van der Waals surface area (Å²) < 4.78 is 39.1. The molecule has 0 saturated carbocycles. The van der Waals surface area contributed by atoms with Crippen molar-refractivity contribution in [3.63, 3.8) is 0 Å². The van der Waals surface area contributed by atoms with Crippen LogP contribution in [-0.4, -0.2) is 52.9 Å². The smallest absolute Gasteiger partial charge is 0.369 e. The lowest BCUT2D eigenvalue weighted by Crippen LogP contribution is -2.39. The van der Waals surface area contributed by atoms with Crippen LogP contribution in [0.2, 0.25) is 5.02 Å². The number of alkyl halides is 3. The zero-order valence-electron chi connectivity index (χ0n) is 17.7. The van der Waals surface area contributed by atoms with E-state index in [1.54, 1.807) is 0 Å². The molecule has 0 bridgehead atoms. The Labute approximate surface area is 184 Å². The van der Waals surface area contributed by atoms with Crippen LogP contribution < -0.4 is 10.5 Å². The molecule has 1 aliphatic heterocycles. The van der Waals surface area contributed by atoms with E-state index in [4.69, 9.17) is 11.6 Å². The van der Waals surface area contributed by atoms with Gasteiger partial charge in [0.25, 0.3) is 5.56 Å². The van der Waals surface area contributed by atoms with Crippen LogP contribution in [0.5, 0.6) is 0 Å². The van der Waals surface area contributed by atoms with Crippen molar-refractivity contribution in [2.45, 2.75) is 38.8 Å². The summed E-state index contributed by atoms with van der Waals surface area (Å²) in [7, 11) is 2.15. The van der Waals surface area contributed by atoms with Gasteiger partial charge in [0.05, 0.1) is 17.4 Å². The van der Waals surface area contributed by atoms with Crippen LogP contribution >= 0.6 is 11.6 Å². The van der Waals surface area contributed by atoms with Gasteiger partial charge in [-0.1, -0.05) is 24.9 Å². The minimum absolute atomic E-state index is 0.00443. The zero-order valence-corrected chi connectivity index (χ0v) is 18.5.